The number of halogens is 2. The van der Waals surface area contributed by atoms with Crippen molar-refractivity contribution in [1.82, 2.24) is 14.8 Å². The van der Waals surface area contributed by atoms with Crippen LogP contribution in [0.15, 0.2) is 46.9 Å². The number of carbonyl (C=O) groups is 1. The fraction of sp³-hybridized carbons (Fsp3) is 0.318. The van der Waals surface area contributed by atoms with Crippen LogP contribution in [-0.2, 0) is 4.74 Å². The van der Waals surface area contributed by atoms with Gasteiger partial charge < -0.3 is 4.74 Å². The van der Waals surface area contributed by atoms with Crippen LogP contribution in [0, 0.1) is 0 Å². The average Bonchev–Trinajstić information content (AvgIpc) is 3.19. The maximum absolute atomic E-state index is 11.8. The Labute approximate surface area is 183 Å². The summed E-state index contributed by atoms with van der Waals surface area (Å²) in [4.78, 5) is 16.6. The van der Waals surface area contributed by atoms with Gasteiger partial charge in [-0.2, -0.15) is 5.10 Å². The number of rotatable bonds is 4. The van der Waals surface area contributed by atoms with E-state index in [4.69, 9.17) is 26.4 Å². The molecule has 5 nitrogen and oxygen atoms in total. The molecule has 1 fully saturated rings. The molecule has 29 heavy (non-hydrogen) atoms. The molecule has 0 spiro atoms. The van der Waals surface area contributed by atoms with Crippen molar-refractivity contribution in [3.05, 3.63) is 57.5 Å². The van der Waals surface area contributed by atoms with Crippen LogP contribution in [0.4, 0.5) is 0 Å². The highest BCUT2D eigenvalue weighted by molar-refractivity contribution is 9.10. The molecule has 0 bridgehead atoms. The van der Waals surface area contributed by atoms with Gasteiger partial charge in [-0.15, -0.1) is 0 Å². The van der Waals surface area contributed by atoms with Gasteiger partial charge >= 0.3 is 5.97 Å². The van der Waals surface area contributed by atoms with Crippen molar-refractivity contribution in [2.45, 2.75) is 38.1 Å². The second-order valence-electron chi connectivity index (χ2n) is 7.16. The first-order valence-corrected chi connectivity index (χ1v) is 10.8. The second-order valence-corrected chi connectivity index (χ2v) is 8.42. The van der Waals surface area contributed by atoms with Crippen molar-refractivity contribution in [2.75, 3.05) is 7.11 Å². The monoisotopic (exact) mass is 473 g/mol. The fourth-order valence-electron chi connectivity index (χ4n) is 3.79. The first-order valence-electron chi connectivity index (χ1n) is 9.68. The van der Waals surface area contributed by atoms with Gasteiger partial charge in [0.15, 0.2) is 11.6 Å². The standard InChI is InChI=1S/C22H21BrClN3O2/c1-29-22(28)15-12-10-14(11-13-15)21-25-20(19-17(23)8-5-9-18(19)24)26-27(21)16-6-3-2-4-7-16/h5,8-13,16H,2-4,6-7H2,1H3. The highest BCUT2D eigenvalue weighted by Gasteiger charge is 2.24. The molecule has 0 amide bonds. The van der Waals surface area contributed by atoms with Gasteiger partial charge in [0, 0.05) is 10.0 Å². The average molecular weight is 475 g/mol. The van der Waals surface area contributed by atoms with Gasteiger partial charge in [-0.05, 0) is 53.0 Å². The van der Waals surface area contributed by atoms with E-state index >= 15 is 0 Å². The number of hydrogen-bond acceptors (Lipinski definition) is 4. The SMILES string of the molecule is COC(=O)c1ccc(-c2nc(-c3c(Cl)cccc3Br)nn2C2CCCCC2)cc1. The number of nitrogens with zero attached hydrogens (tertiary/aromatic N) is 3. The predicted octanol–water partition coefficient (Wildman–Crippen LogP) is 6.32. The molecule has 4 rings (SSSR count). The number of methoxy groups -OCH3 is 1. The molecule has 1 aromatic heterocycles. The third-order valence-corrected chi connectivity index (χ3v) is 6.28. The Hall–Kier alpha value is -2.18. The third-order valence-electron chi connectivity index (χ3n) is 5.30. The predicted molar refractivity (Wildman–Crippen MR) is 117 cm³/mol. The van der Waals surface area contributed by atoms with Crippen molar-refractivity contribution >= 4 is 33.5 Å². The van der Waals surface area contributed by atoms with E-state index in [-0.39, 0.29) is 5.97 Å². The summed E-state index contributed by atoms with van der Waals surface area (Å²) in [5.41, 5.74) is 2.20. The molecule has 0 unspecified atom stereocenters. The van der Waals surface area contributed by atoms with Crippen LogP contribution in [0.3, 0.4) is 0 Å². The van der Waals surface area contributed by atoms with Gasteiger partial charge in [0.1, 0.15) is 0 Å². The lowest BCUT2D eigenvalue weighted by molar-refractivity contribution is 0.0601. The van der Waals surface area contributed by atoms with E-state index in [9.17, 15) is 4.79 Å². The molecule has 0 aliphatic heterocycles. The Morgan fingerprint density at radius 1 is 1.14 bits per heavy atom. The summed E-state index contributed by atoms with van der Waals surface area (Å²) in [6.45, 7) is 0. The number of carbonyl (C=O) groups excluding carboxylic acids is 1. The minimum Gasteiger partial charge on any atom is -0.465 e. The van der Waals surface area contributed by atoms with Crippen molar-refractivity contribution in [1.29, 1.82) is 0 Å². The maximum Gasteiger partial charge on any atom is 0.337 e. The lowest BCUT2D eigenvalue weighted by Crippen LogP contribution is -2.15. The topological polar surface area (TPSA) is 57.0 Å². The zero-order chi connectivity index (χ0) is 20.4. The van der Waals surface area contributed by atoms with Gasteiger partial charge in [0.2, 0.25) is 0 Å². The maximum atomic E-state index is 11.8. The Kier molecular flexibility index (Phi) is 6.01. The Balaban J connectivity index is 1.81. The van der Waals surface area contributed by atoms with Crippen LogP contribution >= 0.6 is 27.5 Å². The Morgan fingerprint density at radius 3 is 2.52 bits per heavy atom. The largest absolute Gasteiger partial charge is 0.465 e. The molecule has 1 saturated carbocycles. The van der Waals surface area contributed by atoms with Gasteiger partial charge in [-0.1, -0.05) is 49.1 Å². The fourth-order valence-corrected chi connectivity index (χ4v) is 4.71. The summed E-state index contributed by atoms with van der Waals surface area (Å²) >= 11 is 10.0. The summed E-state index contributed by atoms with van der Waals surface area (Å²) in [6.07, 6.45) is 5.81. The van der Waals surface area contributed by atoms with Crippen LogP contribution in [0.5, 0.6) is 0 Å². The number of hydrogen-bond donors (Lipinski definition) is 0. The summed E-state index contributed by atoms with van der Waals surface area (Å²) in [5, 5.41) is 5.48. The molecule has 7 heteroatoms. The minimum absolute atomic E-state index is 0.307. The van der Waals surface area contributed by atoms with E-state index < -0.39 is 0 Å². The summed E-state index contributed by atoms with van der Waals surface area (Å²) in [6, 6.07) is 13.3. The van der Waals surface area contributed by atoms with E-state index in [1.54, 1.807) is 12.1 Å². The molecule has 1 aliphatic rings. The third kappa shape index (κ3) is 4.09. The summed E-state index contributed by atoms with van der Waals surface area (Å²) in [5.74, 6) is 1.03. The molecule has 3 aromatic rings. The Bertz CT molecular complexity index is 1010. The molecule has 1 heterocycles. The van der Waals surface area contributed by atoms with Crippen LogP contribution in [0.2, 0.25) is 5.02 Å². The molecule has 2 aromatic carbocycles. The van der Waals surface area contributed by atoms with Gasteiger partial charge in [0.05, 0.1) is 29.3 Å². The normalized spacial score (nSPS) is 14.7. The van der Waals surface area contributed by atoms with Crippen LogP contribution in [-0.4, -0.2) is 27.8 Å². The van der Waals surface area contributed by atoms with Crippen molar-refractivity contribution < 1.29 is 9.53 Å². The molecule has 1 aliphatic carbocycles. The minimum atomic E-state index is -0.356. The van der Waals surface area contributed by atoms with Crippen molar-refractivity contribution in [3.8, 4) is 22.8 Å². The molecule has 150 valence electrons. The lowest BCUT2D eigenvalue weighted by atomic mass is 9.95. The van der Waals surface area contributed by atoms with Gasteiger partial charge in [-0.3, -0.25) is 0 Å². The smallest absolute Gasteiger partial charge is 0.337 e. The van der Waals surface area contributed by atoms with Gasteiger partial charge in [-0.25, -0.2) is 14.5 Å². The molecular weight excluding hydrogens is 454 g/mol. The number of aromatic nitrogens is 3. The zero-order valence-corrected chi connectivity index (χ0v) is 18.4. The van der Waals surface area contributed by atoms with E-state index in [1.165, 1.54) is 26.4 Å². The van der Waals surface area contributed by atoms with Crippen molar-refractivity contribution in [2.24, 2.45) is 0 Å². The first-order chi connectivity index (χ1) is 14.1. The number of benzene rings is 2. The molecule has 0 N–H and O–H groups in total. The summed E-state index contributed by atoms with van der Waals surface area (Å²) < 4.78 is 7.70. The van der Waals surface area contributed by atoms with Crippen LogP contribution < -0.4 is 0 Å². The quantitative estimate of drug-likeness (QED) is 0.415. The Morgan fingerprint density at radius 2 is 1.86 bits per heavy atom. The lowest BCUT2D eigenvalue weighted by Gasteiger charge is -2.23. The molecule has 0 radical (unpaired) electrons. The zero-order valence-electron chi connectivity index (χ0n) is 16.1. The molecule has 0 saturated heterocycles. The second kappa shape index (κ2) is 8.67. The summed E-state index contributed by atoms with van der Waals surface area (Å²) in [7, 11) is 1.38. The van der Waals surface area contributed by atoms with Crippen LogP contribution in [0.25, 0.3) is 22.8 Å². The molecular formula is C22H21BrClN3O2. The van der Waals surface area contributed by atoms with E-state index in [0.717, 1.165) is 34.3 Å². The van der Waals surface area contributed by atoms with Crippen LogP contribution in [0.1, 0.15) is 48.5 Å². The first kappa shape index (κ1) is 20.1. The van der Waals surface area contributed by atoms with E-state index in [2.05, 4.69) is 15.9 Å². The molecule has 0 atom stereocenters. The highest BCUT2D eigenvalue weighted by Crippen LogP contribution is 2.37. The van der Waals surface area contributed by atoms with Crippen molar-refractivity contribution in [3.63, 3.8) is 0 Å². The number of ether oxygens (including phenoxy) is 1. The van der Waals surface area contributed by atoms with E-state index in [0.29, 0.717) is 22.5 Å². The highest BCUT2D eigenvalue weighted by atomic mass is 79.9. The van der Waals surface area contributed by atoms with Gasteiger partial charge in [0.25, 0.3) is 0 Å². The number of esters is 1. The van der Waals surface area contributed by atoms with E-state index in [1.807, 2.05) is 35.0 Å².